The van der Waals surface area contributed by atoms with Gasteiger partial charge in [0.05, 0.1) is 5.69 Å². The summed E-state index contributed by atoms with van der Waals surface area (Å²) in [6.07, 6.45) is 0. The van der Waals surface area contributed by atoms with Crippen LogP contribution >= 0.6 is 0 Å². The fourth-order valence-electron chi connectivity index (χ4n) is 6.17. The van der Waals surface area contributed by atoms with Crippen molar-refractivity contribution < 1.29 is 4.42 Å². The quantitative estimate of drug-likeness (QED) is 0.184. The summed E-state index contributed by atoms with van der Waals surface area (Å²) in [6.45, 7) is 0. The van der Waals surface area contributed by atoms with Crippen molar-refractivity contribution in [3.63, 3.8) is 0 Å². The molecule has 7 aromatic carbocycles. The lowest BCUT2D eigenvalue weighted by Crippen LogP contribution is -2.11. The lowest BCUT2D eigenvalue weighted by atomic mass is 9.98. The van der Waals surface area contributed by atoms with Crippen LogP contribution in [0, 0.1) is 0 Å². The van der Waals surface area contributed by atoms with Crippen LogP contribution in [0.1, 0.15) is 0 Å². The first-order chi connectivity index (χ1) is 22.8. The van der Waals surface area contributed by atoms with E-state index in [4.69, 9.17) is 4.42 Å². The maximum absolute atomic E-state index is 6.13. The van der Waals surface area contributed by atoms with Gasteiger partial charge in [-0.3, -0.25) is 0 Å². The highest BCUT2D eigenvalue weighted by atomic mass is 16.3. The Kier molecular flexibility index (Phi) is 7.22. The van der Waals surface area contributed by atoms with Crippen LogP contribution in [0.4, 0.5) is 17.1 Å². The molecule has 2 nitrogen and oxygen atoms in total. The Morgan fingerprint density at radius 3 is 1.63 bits per heavy atom. The Balaban J connectivity index is 1.09. The molecule has 0 atom stereocenters. The van der Waals surface area contributed by atoms with E-state index in [2.05, 4.69) is 175 Å². The number of para-hydroxylation sites is 3. The molecule has 1 heterocycles. The molecular weight excluding hydrogens is 558 g/mol. The van der Waals surface area contributed by atoms with Crippen molar-refractivity contribution in [3.8, 4) is 44.7 Å². The fraction of sp³-hybridized carbons (Fsp3) is 0. The van der Waals surface area contributed by atoms with Gasteiger partial charge in [0.2, 0.25) is 0 Å². The molecule has 0 aliphatic rings. The molecule has 0 amide bonds. The molecule has 0 radical (unpaired) electrons. The highest BCUT2D eigenvalue weighted by Gasteiger charge is 2.17. The number of hydrogen-bond donors (Lipinski definition) is 0. The average Bonchev–Trinajstić information content (AvgIpc) is 3.58. The predicted octanol–water partition coefficient (Wildman–Crippen LogP) is 12.6. The van der Waals surface area contributed by atoms with Crippen LogP contribution in [0.2, 0.25) is 0 Å². The van der Waals surface area contributed by atoms with Crippen molar-refractivity contribution in [2.45, 2.75) is 0 Å². The standard InChI is InChI=1S/C44H31NO/c1-3-12-35(13-4-1)41-19-8-9-20-42(41)45(39-17-5-2-6-18-39)40-28-26-33(27-29-40)32-22-24-34(25-23-32)36-15-11-16-37(30-36)44-31-38-14-7-10-21-43(38)46-44/h1-31H. The van der Waals surface area contributed by atoms with Gasteiger partial charge in [0.25, 0.3) is 0 Å². The Morgan fingerprint density at radius 2 is 0.891 bits per heavy atom. The van der Waals surface area contributed by atoms with Crippen molar-refractivity contribution in [1.82, 2.24) is 0 Å². The Hall–Kier alpha value is -6.12. The normalized spacial score (nSPS) is 11.0. The van der Waals surface area contributed by atoms with Crippen LogP contribution in [-0.4, -0.2) is 0 Å². The number of hydrogen-bond acceptors (Lipinski definition) is 2. The molecule has 1 aromatic heterocycles. The summed E-state index contributed by atoms with van der Waals surface area (Å²) in [6, 6.07) is 66.3. The molecule has 46 heavy (non-hydrogen) atoms. The Labute approximate surface area is 269 Å². The van der Waals surface area contributed by atoms with E-state index in [9.17, 15) is 0 Å². The topological polar surface area (TPSA) is 16.4 Å². The number of rotatable bonds is 7. The molecular formula is C44H31NO. The number of anilines is 3. The largest absolute Gasteiger partial charge is 0.456 e. The second-order valence-electron chi connectivity index (χ2n) is 11.4. The Bertz CT molecular complexity index is 2200. The summed E-state index contributed by atoms with van der Waals surface area (Å²) in [7, 11) is 0. The van der Waals surface area contributed by atoms with Crippen molar-refractivity contribution in [1.29, 1.82) is 0 Å². The molecule has 218 valence electrons. The van der Waals surface area contributed by atoms with Gasteiger partial charge in [-0.25, -0.2) is 0 Å². The highest BCUT2D eigenvalue weighted by Crippen LogP contribution is 2.41. The maximum atomic E-state index is 6.13. The Morgan fingerprint density at radius 1 is 0.348 bits per heavy atom. The van der Waals surface area contributed by atoms with Crippen LogP contribution in [0.15, 0.2) is 192 Å². The van der Waals surface area contributed by atoms with Gasteiger partial charge >= 0.3 is 0 Å². The van der Waals surface area contributed by atoms with Gasteiger partial charge in [0.1, 0.15) is 11.3 Å². The van der Waals surface area contributed by atoms with Gasteiger partial charge in [-0.15, -0.1) is 0 Å². The van der Waals surface area contributed by atoms with Gasteiger partial charge in [0, 0.05) is 27.9 Å². The van der Waals surface area contributed by atoms with E-state index in [1.807, 2.05) is 18.2 Å². The summed E-state index contributed by atoms with van der Waals surface area (Å²) in [5.41, 5.74) is 12.4. The third-order valence-electron chi connectivity index (χ3n) is 8.49. The molecule has 8 aromatic rings. The lowest BCUT2D eigenvalue weighted by Gasteiger charge is -2.28. The van der Waals surface area contributed by atoms with Crippen LogP contribution < -0.4 is 4.90 Å². The molecule has 8 rings (SSSR count). The summed E-state index contributed by atoms with van der Waals surface area (Å²) in [4.78, 5) is 2.34. The van der Waals surface area contributed by atoms with Crippen LogP contribution in [0.25, 0.3) is 55.7 Å². The van der Waals surface area contributed by atoms with E-state index in [1.54, 1.807) is 0 Å². The van der Waals surface area contributed by atoms with Gasteiger partial charge in [-0.05, 0) is 76.3 Å². The smallest absolute Gasteiger partial charge is 0.135 e. The van der Waals surface area contributed by atoms with E-state index in [1.165, 1.54) is 27.8 Å². The zero-order valence-electron chi connectivity index (χ0n) is 25.3. The van der Waals surface area contributed by atoms with Crippen molar-refractivity contribution >= 4 is 28.0 Å². The number of furan rings is 1. The second kappa shape index (κ2) is 12.1. The van der Waals surface area contributed by atoms with E-state index in [0.717, 1.165) is 44.9 Å². The zero-order valence-corrected chi connectivity index (χ0v) is 25.3. The first-order valence-corrected chi connectivity index (χ1v) is 15.6. The molecule has 2 heteroatoms. The number of nitrogens with zero attached hydrogens (tertiary/aromatic N) is 1. The molecule has 0 N–H and O–H groups in total. The van der Waals surface area contributed by atoms with Crippen LogP contribution in [-0.2, 0) is 0 Å². The molecule has 0 aliphatic heterocycles. The minimum atomic E-state index is 0.885. The average molecular weight is 590 g/mol. The monoisotopic (exact) mass is 589 g/mol. The first kappa shape index (κ1) is 27.4. The zero-order chi connectivity index (χ0) is 30.7. The van der Waals surface area contributed by atoms with Gasteiger partial charge < -0.3 is 9.32 Å². The third-order valence-corrected chi connectivity index (χ3v) is 8.49. The molecule has 0 bridgehead atoms. The van der Waals surface area contributed by atoms with Crippen molar-refractivity contribution in [3.05, 3.63) is 188 Å². The number of fused-ring (bicyclic) bond motifs is 1. The third kappa shape index (κ3) is 5.38. The molecule has 0 saturated heterocycles. The summed E-state index contributed by atoms with van der Waals surface area (Å²) in [5.74, 6) is 0.885. The van der Waals surface area contributed by atoms with E-state index >= 15 is 0 Å². The molecule has 0 fully saturated rings. The number of benzene rings is 7. The van der Waals surface area contributed by atoms with E-state index in [0.29, 0.717) is 0 Å². The van der Waals surface area contributed by atoms with Gasteiger partial charge in [-0.1, -0.05) is 140 Å². The van der Waals surface area contributed by atoms with E-state index < -0.39 is 0 Å². The highest BCUT2D eigenvalue weighted by molar-refractivity contribution is 5.89. The second-order valence-corrected chi connectivity index (χ2v) is 11.4. The van der Waals surface area contributed by atoms with Crippen molar-refractivity contribution in [2.24, 2.45) is 0 Å². The maximum Gasteiger partial charge on any atom is 0.135 e. The summed E-state index contributed by atoms with van der Waals surface area (Å²) >= 11 is 0. The summed E-state index contributed by atoms with van der Waals surface area (Å²) < 4.78 is 6.13. The minimum absolute atomic E-state index is 0.885. The first-order valence-electron chi connectivity index (χ1n) is 15.6. The molecule has 0 spiro atoms. The summed E-state index contributed by atoms with van der Waals surface area (Å²) in [5, 5.41) is 1.12. The molecule has 0 saturated carbocycles. The fourth-order valence-corrected chi connectivity index (χ4v) is 6.17. The molecule has 0 aliphatic carbocycles. The van der Waals surface area contributed by atoms with Gasteiger partial charge in [0.15, 0.2) is 0 Å². The minimum Gasteiger partial charge on any atom is -0.456 e. The SMILES string of the molecule is c1ccc(-c2ccccc2N(c2ccccc2)c2ccc(-c3ccc(-c4cccc(-c5cc6ccccc6o5)c4)cc3)cc2)cc1. The predicted molar refractivity (Wildman–Crippen MR) is 193 cm³/mol. The lowest BCUT2D eigenvalue weighted by molar-refractivity contribution is 0.631. The van der Waals surface area contributed by atoms with Crippen LogP contribution in [0.3, 0.4) is 0 Å². The molecule has 0 unspecified atom stereocenters. The van der Waals surface area contributed by atoms with Gasteiger partial charge in [-0.2, -0.15) is 0 Å². The van der Waals surface area contributed by atoms with Crippen molar-refractivity contribution in [2.75, 3.05) is 4.90 Å². The van der Waals surface area contributed by atoms with E-state index in [-0.39, 0.29) is 0 Å². The van der Waals surface area contributed by atoms with Crippen LogP contribution in [0.5, 0.6) is 0 Å².